The van der Waals surface area contributed by atoms with Crippen LogP contribution >= 0.6 is 0 Å². The number of amides is 2. The summed E-state index contributed by atoms with van der Waals surface area (Å²) in [6.45, 7) is 9.24. The molecule has 0 aromatic heterocycles. The SMILES string of the molecule is C=CCOC(=O)NC1CCN(C(=O)C(CC)CC)CC1. The molecule has 0 unspecified atom stereocenters. The van der Waals surface area contributed by atoms with Crippen LogP contribution in [0.5, 0.6) is 0 Å². The third-order valence-electron chi connectivity index (χ3n) is 3.80. The van der Waals surface area contributed by atoms with Gasteiger partial charge < -0.3 is 15.0 Å². The molecule has 20 heavy (non-hydrogen) atoms. The molecular formula is C15H26N2O3. The Hall–Kier alpha value is -1.52. The zero-order valence-corrected chi connectivity index (χ0v) is 12.6. The minimum atomic E-state index is -0.408. The fraction of sp³-hybridized carbons (Fsp3) is 0.733. The molecule has 0 bridgehead atoms. The molecule has 0 atom stereocenters. The summed E-state index contributed by atoms with van der Waals surface area (Å²) in [4.78, 5) is 25.6. The van der Waals surface area contributed by atoms with Gasteiger partial charge in [0.05, 0.1) is 0 Å². The molecule has 114 valence electrons. The first-order valence-electron chi connectivity index (χ1n) is 7.45. The Morgan fingerprint density at radius 1 is 1.35 bits per heavy atom. The highest BCUT2D eigenvalue weighted by Gasteiger charge is 2.27. The van der Waals surface area contributed by atoms with Gasteiger partial charge in [-0.25, -0.2) is 4.79 Å². The van der Waals surface area contributed by atoms with Crippen molar-refractivity contribution in [2.24, 2.45) is 5.92 Å². The Balaban J connectivity index is 2.34. The summed E-state index contributed by atoms with van der Waals surface area (Å²) >= 11 is 0. The standard InChI is InChI=1S/C15H26N2O3/c1-4-11-20-15(19)16-13-7-9-17(10-8-13)14(18)12(5-2)6-3/h4,12-13H,1,5-11H2,2-3H3,(H,16,19). The van der Waals surface area contributed by atoms with E-state index in [1.54, 1.807) is 0 Å². The van der Waals surface area contributed by atoms with E-state index in [1.807, 2.05) is 4.90 Å². The second kappa shape index (κ2) is 8.61. The van der Waals surface area contributed by atoms with Crippen LogP contribution in [-0.2, 0) is 9.53 Å². The van der Waals surface area contributed by atoms with E-state index in [0.29, 0.717) is 13.1 Å². The minimum absolute atomic E-state index is 0.0954. The van der Waals surface area contributed by atoms with Crippen molar-refractivity contribution in [1.29, 1.82) is 0 Å². The molecule has 1 fully saturated rings. The fourth-order valence-electron chi connectivity index (χ4n) is 2.48. The average molecular weight is 282 g/mol. The summed E-state index contributed by atoms with van der Waals surface area (Å²) < 4.78 is 4.89. The highest BCUT2D eigenvalue weighted by atomic mass is 16.5. The van der Waals surface area contributed by atoms with Crippen molar-refractivity contribution in [3.8, 4) is 0 Å². The number of hydrogen-bond acceptors (Lipinski definition) is 3. The van der Waals surface area contributed by atoms with Gasteiger partial charge >= 0.3 is 6.09 Å². The molecule has 1 saturated heterocycles. The van der Waals surface area contributed by atoms with Crippen LogP contribution in [0.3, 0.4) is 0 Å². The van der Waals surface area contributed by atoms with Gasteiger partial charge in [-0.1, -0.05) is 26.5 Å². The number of alkyl carbamates (subject to hydrolysis) is 1. The van der Waals surface area contributed by atoms with E-state index >= 15 is 0 Å². The Kier molecular flexibility index (Phi) is 7.12. The van der Waals surface area contributed by atoms with Gasteiger partial charge in [0, 0.05) is 25.0 Å². The summed E-state index contributed by atoms with van der Waals surface area (Å²) in [5, 5.41) is 2.82. The molecule has 1 aliphatic heterocycles. The van der Waals surface area contributed by atoms with Crippen LogP contribution in [-0.4, -0.2) is 42.6 Å². The summed E-state index contributed by atoms with van der Waals surface area (Å²) in [7, 11) is 0. The molecule has 5 nitrogen and oxygen atoms in total. The van der Waals surface area contributed by atoms with Gasteiger partial charge in [-0.05, 0) is 25.7 Å². The molecule has 2 amide bonds. The van der Waals surface area contributed by atoms with Gasteiger partial charge in [-0.15, -0.1) is 0 Å². The van der Waals surface area contributed by atoms with Crippen LogP contribution in [0.1, 0.15) is 39.5 Å². The predicted molar refractivity (Wildman–Crippen MR) is 78.4 cm³/mol. The second-order valence-electron chi connectivity index (χ2n) is 5.14. The van der Waals surface area contributed by atoms with Crippen LogP contribution < -0.4 is 5.32 Å². The third-order valence-corrected chi connectivity index (χ3v) is 3.80. The summed E-state index contributed by atoms with van der Waals surface area (Å²) in [5.41, 5.74) is 0. The third kappa shape index (κ3) is 4.87. The Morgan fingerprint density at radius 2 is 1.95 bits per heavy atom. The quantitative estimate of drug-likeness (QED) is 0.761. The lowest BCUT2D eigenvalue weighted by atomic mass is 9.98. The Bertz CT molecular complexity index is 332. The lowest BCUT2D eigenvalue weighted by molar-refractivity contribution is -0.136. The lowest BCUT2D eigenvalue weighted by Crippen LogP contribution is -2.48. The number of likely N-dealkylation sites (tertiary alicyclic amines) is 1. The second-order valence-corrected chi connectivity index (χ2v) is 5.14. The highest BCUT2D eigenvalue weighted by Crippen LogP contribution is 2.17. The van der Waals surface area contributed by atoms with Gasteiger partial charge in [0.1, 0.15) is 6.61 Å². The van der Waals surface area contributed by atoms with E-state index in [0.717, 1.165) is 25.7 Å². The van der Waals surface area contributed by atoms with E-state index in [4.69, 9.17) is 4.74 Å². The Labute approximate surface area is 121 Å². The topological polar surface area (TPSA) is 58.6 Å². The van der Waals surface area contributed by atoms with E-state index in [2.05, 4.69) is 25.7 Å². The molecule has 1 rings (SSSR count). The largest absolute Gasteiger partial charge is 0.445 e. The molecule has 0 aromatic carbocycles. The van der Waals surface area contributed by atoms with Gasteiger partial charge in [0.25, 0.3) is 0 Å². The molecule has 5 heteroatoms. The summed E-state index contributed by atoms with van der Waals surface area (Å²) in [5.74, 6) is 0.389. The number of hydrogen-bond donors (Lipinski definition) is 1. The molecule has 1 heterocycles. The van der Waals surface area contributed by atoms with Gasteiger partial charge in [-0.2, -0.15) is 0 Å². The number of nitrogens with zero attached hydrogens (tertiary/aromatic N) is 1. The molecule has 0 saturated carbocycles. The Morgan fingerprint density at radius 3 is 2.45 bits per heavy atom. The maximum Gasteiger partial charge on any atom is 0.407 e. The molecule has 0 aliphatic carbocycles. The summed E-state index contributed by atoms with van der Waals surface area (Å²) in [6, 6.07) is 0.0954. The van der Waals surface area contributed by atoms with Crippen molar-refractivity contribution in [3.05, 3.63) is 12.7 Å². The van der Waals surface area contributed by atoms with E-state index in [-0.39, 0.29) is 24.5 Å². The zero-order chi connectivity index (χ0) is 15.0. The van der Waals surface area contributed by atoms with Crippen LogP contribution in [0.15, 0.2) is 12.7 Å². The number of carbonyl (C=O) groups is 2. The first-order chi connectivity index (χ1) is 9.62. The van der Waals surface area contributed by atoms with Crippen molar-refractivity contribution >= 4 is 12.0 Å². The van der Waals surface area contributed by atoms with Crippen molar-refractivity contribution in [1.82, 2.24) is 10.2 Å². The summed E-state index contributed by atoms with van der Waals surface area (Å²) in [6.07, 6.45) is 4.48. The minimum Gasteiger partial charge on any atom is -0.445 e. The number of nitrogens with one attached hydrogen (secondary N) is 1. The first-order valence-corrected chi connectivity index (χ1v) is 7.45. The van der Waals surface area contributed by atoms with E-state index in [1.165, 1.54) is 6.08 Å². The average Bonchev–Trinajstić information content (AvgIpc) is 2.47. The normalized spacial score (nSPS) is 16.1. The van der Waals surface area contributed by atoms with Crippen molar-refractivity contribution in [3.63, 3.8) is 0 Å². The lowest BCUT2D eigenvalue weighted by Gasteiger charge is -2.34. The zero-order valence-electron chi connectivity index (χ0n) is 12.6. The number of rotatable bonds is 6. The van der Waals surface area contributed by atoms with Crippen LogP contribution in [0.2, 0.25) is 0 Å². The van der Waals surface area contributed by atoms with Crippen LogP contribution in [0.4, 0.5) is 4.79 Å². The number of carbonyl (C=O) groups excluding carboxylic acids is 2. The predicted octanol–water partition coefficient (Wildman–Crippen LogP) is 2.33. The fourth-order valence-corrected chi connectivity index (χ4v) is 2.48. The molecule has 0 spiro atoms. The molecular weight excluding hydrogens is 256 g/mol. The van der Waals surface area contributed by atoms with E-state index < -0.39 is 6.09 Å². The molecule has 1 aliphatic rings. The first kappa shape index (κ1) is 16.5. The molecule has 0 aromatic rings. The van der Waals surface area contributed by atoms with Crippen LogP contribution in [0, 0.1) is 5.92 Å². The van der Waals surface area contributed by atoms with Crippen molar-refractivity contribution in [2.45, 2.75) is 45.6 Å². The molecule has 1 N–H and O–H groups in total. The van der Waals surface area contributed by atoms with Gasteiger partial charge in [0.2, 0.25) is 5.91 Å². The number of ether oxygens (including phenoxy) is 1. The monoisotopic (exact) mass is 282 g/mol. The van der Waals surface area contributed by atoms with Gasteiger partial charge in [0.15, 0.2) is 0 Å². The van der Waals surface area contributed by atoms with E-state index in [9.17, 15) is 9.59 Å². The highest BCUT2D eigenvalue weighted by molar-refractivity contribution is 5.78. The van der Waals surface area contributed by atoms with Crippen molar-refractivity contribution < 1.29 is 14.3 Å². The van der Waals surface area contributed by atoms with Crippen LogP contribution in [0.25, 0.3) is 0 Å². The maximum atomic E-state index is 12.2. The molecule has 0 radical (unpaired) electrons. The van der Waals surface area contributed by atoms with Crippen molar-refractivity contribution in [2.75, 3.05) is 19.7 Å². The number of piperidine rings is 1. The van der Waals surface area contributed by atoms with Gasteiger partial charge in [-0.3, -0.25) is 4.79 Å². The maximum absolute atomic E-state index is 12.2. The smallest absolute Gasteiger partial charge is 0.407 e.